The molecule has 1 fully saturated rings. The van der Waals surface area contributed by atoms with E-state index in [1.54, 1.807) is 0 Å². The fraction of sp³-hybridized carbons (Fsp3) is 1.00. The van der Waals surface area contributed by atoms with Crippen LogP contribution in [0.25, 0.3) is 0 Å². The van der Waals surface area contributed by atoms with Gasteiger partial charge in [-0.05, 0) is 0 Å². The van der Waals surface area contributed by atoms with E-state index in [-0.39, 0.29) is 0 Å². The van der Waals surface area contributed by atoms with Crippen molar-refractivity contribution in [1.29, 1.82) is 0 Å². The van der Waals surface area contributed by atoms with E-state index in [9.17, 15) is 0 Å². The van der Waals surface area contributed by atoms with E-state index in [4.69, 9.17) is 0 Å². The van der Waals surface area contributed by atoms with Gasteiger partial charge in [-0.3, -0.25) is 0 Å². The van der Waals surface area contributed by atoms with E-state index in [1.807, 2.05) is 16.9 Å². The summed E-state index contributed by atoms with van der Waals surface area (Å²) in [6.45, 7) is 4.08. The van der Waals surface area contributed by atoms with Crippen molar-refractivity contribution in [3.05, 3.63) is 0 Å². The van der Waals surface area contributed by atoms with Crippen molar-refractivity contribution in [2.24, 2.45) is 0 Å². The molecule has 54 valence electrons. The van der Waals surface area contributed by atoms with Gasteiger partial charge in [-0.2, -0.15) is 0 Å². The van der Waals surface area contributed by atoms with Gasteiger partial charge in [-0.1, -0.05) is 0 Å². The molecule has 0 saturated carbocycles. The molecule has 1 aliphatic heterocycles. The number of piperidine rings is 1. The molecule has 0 N–H and O–H groups in total. The molecule has 1 rings (SSSR count). The minimum absolute atomic E-state index is 1.35. The molecule has 1 aliphatic rings. The molecule has 1 saturated heterocycles. The first-order valence-corrected chi connectivity index (χ1v) is 5.57. The molecule has 0 amide bonds. The van der Waals surface area contributed by atoms with Crippen LogP contribution < -0.4 is 0 Å². The third-order valence-corrected chi connectivity index (χ3v) is 2.44. The average Bonchev–Trinajstić information content (AvgIpc) is 1.91. The average molecular weight is 189 g/mol. The molecular weight excluding hydrogens is 173 g/mol. The van der Waals surface area contributed by atoms with Crippen LogP contribution in [0.2, 0.25) is 5.21 Å². The number of nitrogens with zero attached hydrogens (tertiary/aromatic N) is 1. The summed E-state index contributed by atoms with van der Waals surface area (Å²) in [6, 6.07) is 0. The second-order valence-corrected chi connectivity index (χ2v) is 3.90. The molecule has 1 heterocycles. The molecule has 0 aromatic rings. The van der Waals surface area contributed by atoms with Crippen molar-refractivity contribution in [1.82, 2.24) is 4.90 Å². The normalized spacial score (nSPS) is 22.3. The summed E-state index contributed by atoms with van der Waals surface area (Å²) in [7, 11) is 0. The Morgan fingerprint density at radius 1 is 1.11 bits per heavy atom. The van der Waals surface area contributed by atoms with Crippen molar-refractivity contribution in [2.45, 2.75) is 24.5 Å². The van der Waals surface area contributed by atoms with Crippen LogP contribution in [-0.2, 0) is 0 Å². The Hall–Kier alpha value is 0.518. The minimum atomic E-state index is 1.35. The summed E-state index contributed by atoms with van der Waals surface area (Å²) in [5.74, 6) is 0. The van der Waals surface area contributed by atoms with Crippen LogP contribution in [0.4, 0.5) is 0 Å². The third kappa shape index (κ3) is 2.73. The first kappa shape index (κ1) is 7.62. The number of hydrogen-bond acceptors (Lipinski definition) is 1. The monoisotopic (exact) mass is 189 g/mol. The zero-order valence-corrected chi connectivity index (χ0v) is 8.40. The third-order valence-electron chi connectivity index (χ3n) is 1.89. The molecule has 1 nitrogen and oxygen atoms in total. The molecule has 0 aromatic heterocycles. The SMILES string of the molecule is [AsH2]CCN1CCCCC1. The second kappa shape index (κ2) is 4.35. The van der Waals surface area contributed by atoms with Gasteiger partial charge in [0.05, 0.1) is 0 Å². The van der Waals surface area contributed by atoms with Crippen molar-refractivity contribution in [3.8, 4) is 0 Å². The van der Waals surface area contributed by atoms with Crippen LogP contribution in [0.3, 0.4) is 0 Å². The summed E-state index contributed by atoms with van der Waals surface area (Å²) >= 11 is 1.86. The molecule has 0 radical (unpaired) electrons. The maximum atomic E-state index is 2.59. The predicted octanol–water partition coefficient (Wildman–Crippen LogP) is 0.524. The van der Waals surface area contributed by atoms with Crippen molar-refractivity contribution in [3.63, 3.8) is 0 Å². The summed E-state index contributed by atoms with van der Waals surface area (Å²) < 4.78 is 0. The molecule has 1 unspecified atom stereocenters. The molecule has 9 heavy (non-hydrogen) atoms. The van der Waals surface area contributed by atoms with Gasteiger partial charge in [0, 0.05) is 0 Å². The van der Waals surface area contributed by atoms with E-state index in [0.29, 0.717) is 0 Å². The van der Waals surface area contributed by atoms with E-state index in [1.165, 1.54) is 44.1 Å². The molecule has 0 bridgehead atoms. The first-order valence-electron chi connectivity index (χ1n) is 3.86. The van der Waals surface area contributed by atoms with Crippen molar-refractivity contribution >= 4 is 16.9 Å². The van der Waals surface area contributed by atoms with Crippen LogP contribution >= 0.6 is 0 Å². The van der Waals surface area contributed by atoms with Gasteiger partial charge < -0.3 is 0 Å². The fourth-order valence-electron chi connectivity index (χ4n) is 1.37. The van der Waals surface area contributed by atoms with Gasteiger partial charge in [0.25, 0.3) is 0 Å². The Bertz CT molecular complexity index is 66.6. The van der Waals surface area contributed by atoms with Crippen LogP contribution in [-0.4, -0.2) is 41.4 Å². The number of rotatable bonds is 2. The Labute approximate surface area is 66.3 Å². The Kier molecular flexibility index (Phi) is 3.69. The summed E-state index contributed by atoms with van der Waals surface area (Å²) in [4.78, 5) is 2.59. The van der Waals surface area contributed by atoms with E-state index < -0.39 is 0 Å². The van der Waals surface area contributed by atoms with Crippen LogP contribution in [0.15, 0.2) is 0 Å². The predicted molar refractivity (Wildman–Crippen MR) is 43.6 cm³/mol. The van der Waals surface area contributed by atoms with Gasteiger partial charge in [-0.15, -0.1) is 0 Å². The van der Waals surface area contributed by atoms with Crippen LogP contribution in [0, 0.1) is 0 Å². The van der Waals surface area contributed by atoms with Crippen molar-refractivity contribution < 1.29 is 0 Å². The quantitative estimate of drug-likeness (QED) is 0.572. The molecule has 2 heteroatoms. The summed E-state index contributed by atoms with van der Waals surface area (Å²) in [5, 5.41) is 1.38. The van der Waals surface area contributed by atoms with Gasteiger partial charge in [0.1, 0.15) is 0 Å². The zero-order chi connectivity index (χ0) is 6.53. The maximum absolute atomic E-state index is 2.59. The summed E-state index contributed by atoms with van der Waals surface area (Å²) in [6.07, 6.45) is 4.34. The van der Waals surface area contributed by atoms with Gasteiger partial charge in [-0.25, -0.2) is 0 Å². The zero-order valence-electron chi connectivity index (χ0n) is 5.97. The Morgan fingerprint density at radius 3 is 2.33 bits per heavy atom. The van der Waals surface area contributed by atoms with E-state index >= 15 is 0 Å². The standard InChI is InChI=1S/C7H16AsN/c8-4-7-9-5-2-1-3-6-9/h1-8H2. The van der Waals surface area contributed by atoms with Gasteiger partial charge >= 0.3 is 65.9 Å². The topological polar surface area (TPSA) is 3.24 Å². The van der Waals surface area contributed by atoms with Gasteiger partial charge in [0.2, 0.25) is 0 Å². The second-order valence-electron chi connectivity index (χ2n) is 2.69. The van der Waals surface area contributed by atoms with Gasteiger partial charge in [0.15, 0.2) is 0 Å². The number of likely N-dealkylation sites (tertiary alicyclic amines) is 1. The number of hydrogen-bond donors (Lipinski definition) is 0. The molecule has 1 atom stereocenters. The van der Waals surface area contributed by atoms with E-state index in [0.717, 1.165) is 0 Å². The van der Waals surface area contributed by atoms with Crippen LogP contribution in [0.5, 0.6) is 0 Å². The van der Waals surface area contributed by atoms with E-state index in [2.05, 4.69) is 4.90 Å². The molecule has 0 aliphatic carbocycles. The molecular formula is C7H16AsN. The Morgan fingerprint density at radius 2 is 1.78 bits per heavy atom. The first-order chi connectivity index (χ1) is 4.43. The summed E-state index contributed by atoms with van der Waals surface area (Å²) in [5.41, 5.74) is 0. The molecule has 0 spiro atoms. The van der Waals surface area contributed by atoms with Crippen molar-refractivity contribution in [2.75, 3.05) is 19.6 Å². The fourth-order valence-corrected chi connectivity index (χ4v) is 2.13. The molecule has 0 aromatic carbocycles. The Balaban J connectivity index is 2.08. The van der Waals surface area contributed by atoms with Crippen LogP contribution in [0.1, 0.15) is 19.3 Å².